The SMILES string of the molecule is CNc1cccnc1CCOc1ccc(/C=C(\C)CC(=O)O)cc1. The molecule has 0 saturated heterocycles. The summed E-state index contributed by atoms with van der Waals surface area (Å²) in [4.78, 5) is 15.0. The number of aliphatic carboxylic acids is 1. The highest BCUT2D eigenvalue weighted by atomic mass is 16.5. The van der Waals surface area contributed by atoms with E-state index in [-0.39, 0.29) is 6.42 Å². The quantitative estimate of drug-likeness (QED) is 0.775. The van der Waals surface area contributed by atoms with Gasteiger partial charge in [-0.25, -0.2) is 0 Å². The van der Waals surface area contributed by atoms with Crippen molar-refractivity contribution in [3.63, 3.8) is 0 Å². The van der Waals surface area contributed by atoms with Gasteiger partial charge in [-0.15, -0.1) is 0 Å². The van der Waals surface area contributed by atoms with E-state index in [9.17, 15) is 4.79 Å². The molecule has 5 heteroatoms. The molecule has 0 unspecified atom stereocenters. The van der Waals surface area contributed by atoms with E-state index in [0.717, 1.165) is 34.7 Å². The number of ether oxygens (including phenoxy) is 1. The monoisotopic (exact) mass is 326 g/mol. The molecule has 0 fully saturated rings. The molecule has 2 N–H and O–H groups in total. The lowest BCUT2D eigenvalue weighted by molar-refractivity contribution is -0.136. The zero-order valence-electron chi connectivity index (χ0n) is 14.0. The number of benzene rings is 1. The normalized spacial score (nSPS) is 11.2. The zero-order chi connectivity index (χ0) is 17.4. The minimum Gasteiger partial charge on any atom is -0.493 e. The van der Waals surface area contributed by atoms with Crippen LogP contribution in [0.15, 0.2) is 48.2 Å². The number of aromatic nitrogens is 1. The van der Waals surface area contributed by atoms with Crippen molar-refractivity contribution >= 4 is 17.7 Å². The van der Waals surface area contributed by atoms with E-state index in [2.05, 4.69) is 10.3 Å². The third-order valence-electron chi connectivity index (χ3n) is 3.49. The van der Waals surface area contributed by atoms with E-state index in [0.29, 0.717) is 6.61 Å². The molecule has 0 saturated carbocycles. The minimum atomic E-state index is -0.820. The number of pyridine rings is 1. The van der Waals surface area contributed by atoms with Crippen molar-refractivity contribution in [2.75, 3.05) is 19.0 Å². The predicted molar refractivity (Wildman–Crippen MR) is 95.3 cm³/mol. The summed E-state index contributed by atoms with van der Waals surface area (Å²) in [5.74, 6) is -0.0378. The summed E-state index contributed by atoms with van der Waals surface area (Å²) < 4.78 is 5.75. The molecule has 1 aromatic carbocycles. The Labute approximate surface area is 142 Å². The number of carboxylic acids is 1. The standard InChI is InChI=1S/C19H22N2O3/c1-14(13-19(22)23)12-15-5-7-16(8-6-15)24-11-9-18-17(20-2)4-3-10-21-18/h3-8,10,12,20H,9,11,13H2,1-2H3,(H,22,23)/b14-12+. The third kappa shape index (κ3) is 5.43. The Bertz CT molecular complexity index is 709. The van der Waals surface area contributed by atoms with Gasteiger partial charge in [0.15, 0.2) is 0 Å². The average molecular weight is 326 g/mol. The van der Waals surface area contributed by atoms with E-state index >= 15 is 0 Å². The molecule has 0 atom stereocenters. The van der Waals surface area contributed by atoms with Gasteiger partial charge < -0.3 is 15.2 Å². The van der Waals surface area contributed by atoms with Crippen molar-refractivity contribution < 1.29 is 14.6 Å². The van der Waals surface area contributed by atoms with Gasteiger partial charge in [0.25, 0.3) is 0 Å². The van der Waals surface area contributed by atoms with Gasteiger partial charge in [0, 0.05) is 19.7 Å². The average Bonchev–Trinajstić information content (AvgIpc) is 2.56. The van der Waals surface area contributed by atoms with Crippen LogP contribution in [0.25, 0.3) is 6.08 Å². The maximum Gasteiger partial charge on any atom is 0.307 e. The molecule has 126 valence electrons. The molecule has 0 amide bonds. The van der Waals surface area contributed by atoms with Crippen LogP contribution >= 0.6 is 0 Å². The first-order valence-electron chi connectivity index (χ1n) is 7.82. The van der Waals surface area contributed by atoms with Crippen LogP contribution in [0.3, 0.4) is 0 Å². The molecule has 2 aromatic rings. The summed E-state index contributed by atoms with van der Waals surface area (Å²) in [7, 11) is 1.87. The molecule has 0 spiro atoms. The van der Waals surface area contributed by atoms with Gasteiger partial charge in [-0.1, -0.05) is 23.8 Å². The van der Waals surface area contributed by atoms with Crippen LogP contribution in [0, 0.1) is 0 Å². The second kappa shape index (κ2) is 8.72. The highest BCUT2D eigenvalue weighted by Crippen LogP contribution is 2.17. The Morgan fingerprint density at radius 3 is 2.71 bits per heavy atom. The van der Waals surface area contributed by atoms with Gasteiger partial charge in [0.1, 0.15) is 5.75 Å². The van der Waals surface area contributed by atoms with Crippen LogP contribution in [-0.2, 0) is 11.2 Å². The molecule has 1 heterocycles. The van der Waals surface area contributed by atoms with E-state index < -0.39 is 5.97 Å². The Morgan fingerprint density at radius 1 is 1.29 bits per heavy atom. The summed E-state index contributed by atoms with van der Waals surface area (Å²) in [5.41, 5.74) is 3.76. The molecule has 1 aromatic heterocycles. The van der Waals surface area contributed by atoms with Crippen LogP contribution in [0.2, 0.25) is 0 Å². The number of carboxylic acid groups (broad SMARTS) is 1. The van der Waals surface area contributed by atoms with E-state index in [1.165, 1.54) is 0 Å². The first-order chi connectivity index (χ1) is 11.6. The van der Waals surface area contributed by atoms with E-state index in [4.69, 9.17) is 9.84 Å². The lowest BCUT2D eigenvalue weighted by Gasteiger charge is -2.09. The number of rotatable bonds is 8. The summed E-state index contributed by atoms with van der Waals surface area (Å²) in [5, 5.41) is 11.9. The van der Waals surface area contributed by atoms with Gasteiger partial charge in [0.05, 0.1) is 24.4 Å². The molecule has 24 heavy (non-hydrogen) atoms. The van der Waals surface area contributed by atoms with Crippen molar-refractivity contribution in [1.29, 1.82) is 0 Å². The fraction of sp³-hybridized carbons (Fsp3) is 0.263. The first-order valence-corrected chi connectivity index (χ1v) is 7.82. The molecular formula is C19H22N2O3. The number of hydrogen-bond acceptors (Lipinski definition) is 4. The Kier molecular flexibility index (Phi) is 6.37. The first kappa shape index (κ1) is 17.5. The van der Waals surface area contributed by atoms with Crippen LogP contribution in [-0.4, -0.2) is 29.7 Å². The van der Waals surface area contributed by atoms with E-state index in [1.807, 2.05) is 56.4 Å². The Balaban J connectivity index is 1.89. The van der Waals surface area contributed by atoms with Crippen LogP contribution in [0.1, 0.15) is 24.6 Å². The Morgan fingerprint density at radius 2 is 2.04 bits per heavy atom. The van der Waals surface area contributed by atoms with Crippen molar-refractivity contribution in [2.24, 2.45) is 0 Å². The fourth-order valence-corrected chi connectivity index (χ4v) is 2.36. The van der Waals surface area contributed by atoms with Crippen LogP contribution < -0.4 is 10.1 Å². The van der Waals surface area contributed by atoms with E-state index in [1.54, 1.807) is 6.20 Å². The largest absolute Gasteiger partial charge is 0.493 e. The number of nitrogens with zero attached hydrogens (tertiary/aromatic N) is 1. The third-order valence-corrected chi connectivity index (χ3v) is 3.49. The second-order valence-electron chi connectivity index (χ2n) is 5.48. The minimum absolute atomic E-state index is 0.0517. The van der Waals surface area contributed by atoms with Gasteiger partial charge in [-0.2, -0.15) is 0 Å². The molecule has 0 radical (unpaired) electrons. The number of anilines is 1. The summed E-state index contributed by atoms with van der Waals surface area (Å²) in [6, 6.07) is 11.5. The van der Waals surface area contributed by atoms with Crippen molar-refractivity contribution in [2.45, 2.75) is 19.8 Å². The predicted octanol–water partition coefficient (Wildman–Crippen LogP) is 3.62. The van der Waals surface area contributed by atoms with Crippen LogP contribution in [0.5, 0.6) is 5.75 Å². The molecule has 0 bridgehead atoms. The smallest absolute Gasteiger partial charge is 0.307 e. The van der Waals surface area contributed by atoms with Crippen molar-refractivity contribution in [3.05, 3.63) is 59.4 Å². The van der Waals surface area contributed by atoms with Gasteiger partial charge in [-0.3, -0.25) is 9.78 Å². The Hall–Kier alpha value is -2.82. The highest BCUT2D eigenvalue weighted by Gasteiger charge is 2.03. The summed E-state index contributed by atoms with van der Waals surface area (Å²) in [6.45, 7) is 2.35. The number of nitrogens with one attached hydrogen (secondary N) is 1. The van der Waals surface area contributed by atoms with Crippen molar-refractivity contribution in [1.82, 2.24) is 4.98 Å². The van der Waals surface area contributed by atoms with Crippen molar-refractivity contribution in [3.8, 4) is 5.75 Å². The zero-order valence-corrected chi connectivity index (χ0v) is 14.0. The maximum atomic E-state index is 10.7. The number of hydrogen-bond donors (Lipinski definition) is 2. The molecule has 5 nitrogen and oxygen atoms in total. The highest BCUT2D eigenvalue weighted by molar-refractivity contribution is 5.72. The fourth-order valence-electron chi connectivity index (χ4n) is 2.36. The summed E-state index contributed by atoms with van der Waals surface area (Å²) in [6.07, 6.45) is 4.41. The molecule has 0 aliphatic rings. The molecule has 2 rings (SSSR count). The summed E-state index contributed by atoms with van der Waals surface area (Å²) >= 11 is 0. The topological polar surface area (TPSA) is 71.5 Å². The second-order valence-corrected chi connectivity index (χ2v) is 5.48. The lowest BCUT2D eigenvalue weighted by atomic mass is 10.1. The molecule has 0 aliphatic heterocycles. The molecule has 0 aliphatic carbocycles. The van der Waals surface area contributed by atoms with Gasteiger partial charge in [-0.05, 0) is 36.8 Å². The van der Waals surface area contributed by atoms with Gasteiger partial charge in [0.2, 0.25) is 0 Å². The van der Waals surface area contributed by atoms with Gasteiger partial charge >= 0.3 is 5.97 Å². The molecular weight excluding hydrogens is 304 g/mol. The maximum absolute atomic E-state index is 10.7. The number of carbonyl (C=O) groups is 1. The van der Waals surface area contributed by atoms with Crippen LogP contribution in [0.4, 0.5) is 5.69 Å². The lowest BCUT2D eigenvalue weighted by Crippen LogP contribution is -2.05.